The predicted octanol–water partition coefficient (Wildman–Crippen LogP) is 3.22. The van der Waals surface area contributed by atoms with Gasteiger partial charge >= 0.3 is 0 Å². The molecule has 0 fully saturated rings. The first-order valence-corrected chi connectivity index (χ1v) is 9.05. The monoisotopic (exact) mass is 370 g/mol. The van der Waals surface area contributed by atoms with Crippen molar-refractivity contribution in [3.8, 4) is 0 Å². The normalized spacial score (nSPS) is 11.2. The van der Waals surface area contributed by atoms with Gasteiger partial charge in [0.25, 0.3) is 5.91 Å². The van der Waals surface area contributed by atoms with E-state index in [2.05, 4.69) is 34.9 Å². The minimum absolute atomic E-state index is 0.122. The maximum atomic E-state index is 12.3. The Bertz CT molecular complexity index is 904. The van der Waals surface area contributed by atoms with Crippen molar-refractivity contribution in [3.05, 3.63) is 64.9 Å². The molecule has 3 rings (SSSR count). The zero-order chi connectivity index (χ0) is 18.5. The van der Waals surface area contributed by atoms with E-state index in [0.717, 1.165) is 29.9 Å². The zero-order valence-corrected chi connectivity index (χ0v) is 15.8. The smallest absolute Gasteiger partial charge is 0.251 e. The van der Waals surface area contributed by atoms with Crippen LogP contribution in [0.5, 0.6) is 0 Å². The van der Waals surface area contributed by atoms with E-state index in [4.69, 9.17) is 16.6 Å². The number of benzene rings is 2. The third-order valence-corrected chi connectivity index (χ3v) is 4.46. The second kappa shape index (κ2) is 8.34. The molecule has 0 saturated heterocycles. The second-order valence-electron chi connectivity index (χ2n) is 6.49. The Morgan fingerprint density at radius 2 is 2.00 bits per heavy atom. The number of hydrogen-bond acceptors (Lipinski definition) is 3. The van der Waals surface area contributed by atoms with Crippen LogP contribution in [0, 0.1) is 0 Å². The van der Waals surface area contributed by atoms with Crippen LogP contribution >= 0.6 is 11.6 Å². The topological polar surface area (TPSA) is 50.2 Å². The summed E-state index contributed by atoms with van der Waals surface area (Å²) in [5.41, 5.74) is 2.69. The number of rotatable bonds is 7. The van der Waals surface area contributed by atoms with Crippen LogP contribution in [0.2, 0.25) is 5.02 Å². The summed E-state index contributed by atoms with van der Waals surface area (Å²) in [6.45, 7) is 2.32. The maximum Gasteiger partial charge on any atom is 0.251 e. The predicted molar refractivity (Wildman–Crippen MR) is 106 cm³/mol. The fourth-order valence-corrected chi connectivity index (χ4v) is 3.08. The summed E-state index contributed by atoms with van der Waals surface area (Å²) in [5, 5.41) is 3.51. The number of likely N-dealkylation sites (N-methyl/N-ethyl adjacent to an activating group) is 1. The van der Waals surface area contributed by atoms with Gasteiger partial charge in [0.1, 0.15) is 5.82 Å². The Balaban J connectivity index is 1.70. The van der Waals surface area contributed by atoms with Crippen LogP contribution in [0.3, 0.4) is 0 Å². The molecule has 0 aliphatic carbocycles. The van der Waals surface area contributed by atoms with Gasteiger partial charge in [-0.2, -0.15) is 0 Å². The van der Waals surface area contributed by atoms with Crippen LogP contribution < -0.4 is 5.32 Å². The molecule has 0 aliphatic heterocycles. The van der Waals surface area contributed by atoms with Crippen molar-refractivity contribution < 1.29 is 4.79 Å². The molecule has 0 saturated carbocycles. The highest BCUT2D eigenvalue weighted by Gasteiger charge is 2.11. The van der Waals surface area contributed by atoms with Gasteiger partial charge < -0.3 is 14.8 Å². The molecule has 2 aromatic carbocycles. The first-order chi connectivity index (χ1) is 12.5. The van der Waals surface area contributed by atoms with Crippen LogP contribution in [0.1, 0.15) is 16.2 Å². The number of aromatic nitrogens is 2. The van der Waals surface area contributed by atoms with Crippen molar-refractivity contribution in [3.63, 3.8) is 0 Å². The second-order valence-corrected chi connectivity index (χ2v) is 6.92. The standard InChI is InChI=1S/C20H23ClN4O/c1-24(2)12-13-25-18-9-4-3-8-17(18)23-19(25)10-11-22-20(26)15-6-5-7-16(21)14-15/h3-9,14H,10-13H2,1-2H3,(H,22,26). The van der Waals surface area contributed by atoms with Crippen molar-refractivity contribution in [1.29, 1.82) is 0 Å². The highest BCUT2D eigenvalue weighted by molar-refractivity contribution is 6.30. The summed E-state index contributed by atoms with van der Waals surface area (Å²) in [7, 11) is 4.12. The minimum Gasteiger partial charge on any atom is -0.352 e. The summed E-state index contributed by atoms with van der Waals surface area (Å²) in [4.78, 5) is 19.2. The SMILES string of the molecule is CN(C)CCn1c(CCNC(=O)c2cccc(Cl)c2)nc2ccccc21. The minimum atomic E-state index is -0.122. The molecule has 0 radical (unpaired) electrons. The highest BCUT2D eigenvalue weighted by Crippen LogP contribution is 2.16. The van der Waals surface area contributed by atoms with E-state index in [0.29, 0.717) is 23.6 Å². The first-order valence-electron chi connectivity index (χ1n) is 8.67. The molecule has 5 nitrogen and oxygen atoms in total. The van der Waals surface area contributed by atoms with Gasteiger partial charge in [0.05, 0.1) is 11.0 Å². The molecule has 26 heavy (non-hydrogen) atoms. The number of halogens is 1. The van der Waals surface area contributed by atoms with E-state index < -0.39 is 0 Å². The number of nitrogens with one attached hydrogen (secondary N) is 1. The number of fused-ring (bicyclic) bond motifs is 1. The van der Waals surface area contributed by atoms with Gasteiger partial charge in [-0.05, 0) is 44.4 Å². The number of nitrogens with zero attached hydrogens (tertiary/aromatic N) is 3. The maximum absolute atomic E-state index is 12.3. The van der Waals surface area contributed by atoms with E-state index in [1.54, 1.807) is 24.3 Å². The first kappa shape index (κ1) is 18.4. The Morgan fingerprint density at radius 3 is 2.77 bits per heavy atom. The number of hydrogen-bond donors (Lipinski definition) is 1. The molecule has 1 N–H and O–H groups in total. The summed E-state index contributed by atoms with van der Waals surface area (Å²) in [5.74, 6) is 0.864. The Labute approximate surface area is 158 Å². The molecule has 0 spiro atoms. The van der Waals surface area contributed by atoms with Crippen molar-refractivity contribution in [2.75, 3.05) is 27.2 Å². The Kier molecular flexibility index (Phi) is 5.91. The Morgan fingerprint density at radius 1 is 1.19 bits per heavy atom. The third-order valence-electron chi connectivity index (χ3n) is 4.23. The molecule has 0 bridgehead atoms. The molecular formula is C20H23ClN4O. The lowest BCUT2D eigenvalue weighted by atomic mass is 10.2. The van der Waals surface area contributed by atoms with E-state index >= 15 is 0 Å². The number of amides is 1. The van der Waals surface area contributed by atoms with Gasteiger partial charge in [0.15, 0.2) is 0 Å². The average Bonchev–Trinajstić information content (AvgIpc) is 2.97. The fraction of sp³-hybridized carbons (Fsp3) is 0.300. The molecule has 3 aromatic rings. The largest absolute Gasteiger partial charge is 0.352 e. The lowest BCUT2D eigenvalue weighted by Crippen LogP contribution is -2.27. The van der Waals surface area contributed by atoms with Crippen molar-refractivity contribution in [2.45, 2.75) is 13.0 Å². The van der Waals surface area contributed by atoms with Gasteiger partial charge in [0.2, 0.25) is 0 Å². The molecule has 0 aliphatic rings. The van der Waals surface area contributed by atoms with Gasteiger partial charge in [-0.3, -0.25) is 4.79 Å². The number of imidazole rings is 1. The van der Waals surface area contributed by atoms with Crippen molar-refractivity contribution in [1.82, 2.24) is 19.8 Å². The molecule has 0 unspecified atom stereocenters. The third kappa shape index (κ3) is 4.42. The lowest BCUT2D eigenvalue weighted by Gasteiger charge is -2.13. The average molecular weight is 371 g/mol. The van der Waals surface area contributed by atoms with Crippen molar-refractivity contribution >= 4 is 28.5 Å². The van der Waals surface area contributed by atoms with Crippen LogP contribution in [-0.4, -0.2) is 47.5 Å². The summed E-state index contributed by atoms with van der Waals surface area (Å²) >= 11 is 5.95. The van der Waals surface area contributed by atoms with E-state index in [-0.39, 0.29) is 5.91 Å². The van der Waals surface area contributed by atoms with E-state index in [1.807, 2.05) is 18.2 Å². The number of carbonyl (C=O) groups is 1. The molecule has 1 heterocycles. The summed E-state index contributed by atoms with van der Waals surface area (Å²) in [6.07, 6.45) is 0.675. The van der Waals surface area contributed by atoms with Crippen LogP contribution in [0.15, 0.2) is 48.5 Å². The van der Waals surface area contributed by atoms with Gasteiger partial charge in [-0.25, -0.2) is 4.98 Å². The molecule has 1 amide bonds. The molecule has 1 aromatic heterocycles. The quantitative estimate of drug-likeness (QED) is 0.694. The molecular weight excluding hydrogens is 348 g/mol. The van der Waals surface area contributed by atoms with Gasteiger partial charge in [-0.1, -0.05) is 29.8 Å². The van der Waals surface area contributed by atoms with Crippen LogP contribution in [-0.2, 0) is 13.0 Å². The van der Waals surface area contributed by atoms with Crippen LogP contribution in [0.4, 0.5) is 0 Å². The molecule has 6 heteroatoms. The van der Waals surface area contributed by atoms with E-state index in [9.17, 15) is 4.79 Å². The van der Waals surface area contributed by atoms with Crippen LogP contribution in [0.25, 0.3) is 11.0 Å². The number of para-hydroxylation sites is 2. The van der Waals surface area contributed by atoms with Gasteiger partial charge in [0, 0.05) is 36.6 Å². The molecule has 136 valence electrons. The highest BCUT2D eigenvalue weighted by atomic mass is 35.5. The van der Waals surface area contributed by atoms with E-state index in [1.165, 1.54) is 0 Å². The van der Waals surface area contributed by atoms with Gasteiger partial charge in [-0.15, -0.1) is 0 Å². The summed E-state index contributed by atoms with van der Waals surface area (Å²) in [6, 6.07) is 15.1. The molecule has 0 atom stereocenters. The number of carbonyl (C=O) groups excluding carboxylic acids is 1. The lowest BCUT2D eigenvalue weighted by molar-refractivity contribution is 0.0954. The van der Waals surface area contributed by atoms with Crippen molar-refractivity contribution in [2.24, 2.45) is 0 Å². The zero-order valence-electron chi connectivity index (χ0n) is 15.1. The summed E-state index contributed by atoms with van der Waals surface area (Å²) < 4.78 is 2.24. The fourth-order valence-electron chi connectivity index (χ4n) is 2.89. The Hall–Kier alpha value is -2.37.